The average Bonchev–Trinajstić information content (AvgIpc) is 3.26. The maximum Gasteiger partial charge on any atom is 0.319 e. The van der Waals surface area contributed by atoms with Crippen LogP contribution in [0.2, 0.25) is 0 Å². The molecule has 0 aliphatic carbocycles. The summed E-state index contributed by atoms with van der Waals surface area (Å²) < 4.78 is 5.56. The van der Waals surface area contributed by atoms with E-state index in [1.807, 2.05) is 92.7 Å². The van der Waals surface area contributed by atoms with Crippen molar-refractivity contribution in [1.82, 2.24) is 15.5 Å². The summed E-state index contributed by atoms with van der Waals surface area (Å²) in [6.45, 7) is 3.96. The Balaban J connectivity index is 1.57. The van der Waals surface area contributed by atoms with E-state index in [0.717, 1.165) is 27.9 Å². The number of carbonyl (C=O) groups is 1. The van der Waals surface area contributed by atoms with Gasteiger partial charge in [-0.05, 0) is 37.1 Å². The number of para-hydroxylation sites is 1. The zero-order valence-electron chi connectivity index (χ0n) is 17.5. The zero-order valence-corrected chi connectivity index (χ0v) is 17.5. The Morgan fingerprint density at radius 3 is 2.52 bits per heavy atom. The lowest BCUT2D eigenvalue weighted by atomic mass is 10.1. The SMILES string of the molecule is Cc1cccc(-c2noc(C(Cc3ccccc3)NC(=O)Nc3ccccc3C)n2)c1. The number of aryl methyl sites for hydroxylation is 2. The largest absolute Gasteiger partial charge is 0.337 e. The first-order valence-corrected chi connectivity index (χ1v) is 10.2. The predicted octanol–water partition coefficient (Wildman–Crippen LogP) is 5.46. The monoisotopic (exact) mass is 412 g/mol. The van der Waals surface area contributed by atoms with Gasteiger partial charge in [0.1, 0.15) is 6.04 Å². The molecule has 6 nitrogen and oxygen atoms in total. The molecule has 1 aromatic heterocycles. The van der Waals surface area contributed by atoms with Crippen molar-refractivity contribution in [2.45, 2.75) is 26.3 Å². The Morgan fingerprint density at radius 2 is 1.74 bits per heavy atom. The van der Waals surface area contributed by atoms with E-state index in [-0.39, 0.29) is 6.03 Å². The second-order valence-corrected chi connectivity index (χ2v) is 7.48. The normalized spacial score (nSPS) is 11.7. The molecule has 0 aliphatic heterocycles. The van der Waals surface area contributed by atoms with Gasteiger partial charge in [0.05, 0.1) is 0 Å². The number of anilines is 1. The fourth-order valence-corrected chi connectivity index (χ4v) is 3.36. The van der Waals surface area contributed by atoms with E-state index in [4.69, 9.17) is 4.52 Å². The fourth-order valence-electron chi connectivity index (χ4n) is 3.36. The minimum Gasteiger partial charge on any atom is -0.337 e. The predicted molar refractivity (Wildman–Crippen MR) is 121 cm³/mol. The van der Waals surface area contributed by atoms with Crippen LogP contribution in [0.4, 0.5) is 10.5 Å². The zero-order chi connectivity index (χ0) is 21.6. The van der Waals surface area contributed by atoms with Gasteiger partial charge >= 0.3 is 6.03 Å². The number of aromatic nitrogens is 2. The first-order chi connectivity index (χ1) is 15.1. The molecule has 0 fully saturated rings. The third kappa shape index (κ3) is 5.17. The van der Waals surface area contributed by atoms with Crippen LogP contribution in [0.25, 0.3) is 11.4 Å². The quantitative estimate of drug-likeness (QED) is 0.441. The molecule has 0 radical (unpaired) electrons. The van der Waals surface area contributed by atoms with Crippen molar-refractivity contribution >= 4 is 11.7 Å². The molecule has 0 saturated heterocycles. The van der Waals surface area contributed by atoms with E-state index >= 15 is 0 Å². The van der Waals surface area contributed by atoms with Gasteiger partial charge in [0, 0.05) is 17.7 Å². The Bertz CT molecular complexity index is 1170. The van der Waals surface area contributed by atoms with Crippen molar-refractivity contribution in [2.75, 3.05) is 5.32 Å². The van der Waals surface area contributed by atoms with Gasteiger partial charge in [0.25, 0.3) is 0 Å². The Labute approximate surface area is 181 Å². The van der Waals surface area contributed by atoms with E-state index in [1.165, 1.54) is 0 Å². The van der Waals surface area contributed by atoms with Crippen molar-refractivity contribution in [3.63, 3.8) is 0 Å². The summed E-state index contributed by atoms with van der Waals surface area (Å²) in [5.74, 6) is 0.859. The number of nitrogens with one attached hydrogen (secondary N) is 2. The smallest absolute Gasteiger partial charge is 0.319 e. The fraction of sp³-hybridized carbons (Fsp3) is 0.160. The van der Waals surface area contributed by atoms with Crippen LogP contribution >= 0.6 is 0 Å². The number of urea groups is 1. The number of benzene rings is 3. The topological polar surface area (TPSA) is 80.0 Å². The van der Waals surface area contributed by atoms with Gasteiger partial charge in [0.15, 0.2) is 0 Å². The summed E-state index contributed by atoms with van der Waals surface area (Å²) >= 11 is 0. The highest BCUT2D eigenvalue weighted by Crippen LogP contribution is 2.23. The van der Waals surface area contributed by atoms with Crippen LogP contribution in [0.1, 0.15) is 28.6 Å². The third-order valence-corrected chi connectivity index (χ3v) is 5.00. The molecule has 6 heteroatoms. The van der Waals surface area contributed by atoms with Gasteiger partial charge in [-0.1, -0.05) is 77.5 Å². The van der Waals surface area contributed by atoms with E-state index in [0.29, 0.717) is 18.1 Å². The molecule has 0 bridgehead atoms. The van der Waals surface area contributed by atoms with Crippen LogP contribution < -0.4 is 10.6 Å². The summed E-state index contributed by atoms with van der Waals surface area (Å²) in [5, 5.41) is 10.0. The molecule has 1 heterocycles. The summed E-state index contributed by atoms with van der Waals surface area (Å²) in [6.07, 6.45) is 0.525. The van der Waals surface area contributed by atoms with Crippen molar-refractivity contribution in [1.29, 1.82) is 0 Å². The lowest BCUT2D eigenvalue weighted by Gasteiger charge is -2.16. The lowest BCUT2D eigenvalue weighted by molar-refractivity contribution is 0.243. The minimum atomic E-state index is -0.475. The average molecular weight is 412 g/mol. The standard InChI is InChI=1S/C25H24N4O2/c1-17-9-8-13-20(15-17)23-28-24(31-29-23)22(16-19-11-4-3-5-12-19)27-25(30)26-21-14-7-6-10-18(21)2/h3-15,22H,16H2,1-2H3,(H2,26,27,30). The second-order valence-electron chi connectivity index (χ2n) is 7.48. The van der Waals surface area contributed by atoms with Gasteiger partial charge in [0.2, 0.25) is 11.7 Å². The number of hydrogen-bond donors (Lipinski definition) is 2. The van der Waals surface area contributed by atoms with Crippen molar-refractivity contribution < 1.29 is 9.32 Å². The molecule has 3 aromatic carbocycles. The van der Waals surface area contributed by atoms with Crippen LogP contribution in [0.15, 0.2) is 83.4 Å². The minimum absolute atomic E-state index is 0.328. The maximum absolute atomic E-state index is 12.7. The number of rotatable bonds is 6. The molecule has 2 N–H and O–H groups in total. The van der Waals surface area contributed by atoms with Gasteiger partial charge < -0.3 is 15.2 Å². The Hall–Kier alpha value is -3.93. The third-order valence-electron chi connectivity index (χ3n) is 5.00. The van der Waals surface area contributed by atoms with Crippen molar-refractivity contribution in [3.8, 4) is 11.4 Å². The number of nitrogens with zero attached hydrogens (tertiary/aromatic N) is 2. The van der Waals surface area contributed by atoms with Crippen LogP contribution in [0, 0.1) is 13.8 Å². The van der Waals surface area contributed by atoms with E-state index in [2.05, 4.69) is 20.8 Å². The second kappa shape index (κ2) is 9.26. The van der Waals surface area contributed by atoms with Crippen molar-refractivity contribution in [3.05, 3.63) is 101 Å². The van der Waals surface area contributed by atoms with Gasteiger partial charge in [-0.25, -0.2) is 4.79 Å². The molecule has 0 aliphatic rings. The molecule has 4 rings (SSSR count). The molecule has 2 amide bonds. The molecule has 0 saturated carbocycles. The number of hydrogen-bond acceptors (Lipinski definition) is 4. The summed E-state index contributed by atoms with van der Waals surface area (Å²) in [7, 11) is 0. The molecule has 4 aromatic rings. The van der Waals surface area contributed by atoms with E-state index in [1.54, 1.807) is 0 Å². The molecule has 0 spiro atoms. The van der Waals surface area contributed by atoms with E-state index < -0.39 is 6.04 Å². The first-order valence-electron chi connectivity index (χ1n) is 10.2. The van der Waals surface area contributed by atoms with Crippen LogP contribution in [-0.4, -0.2) is 16.2 Å². The van der Waals surface area contributed by atoms with Gasteiger partial charge in [-0.2, -0.15) is 4.98 Å². The molecular formula is C25H24N4O2. The molecule has 156 valence electrons. The molecule has 1 unspecified atom stereocenters. The van der Waals surface area contributed by atoms with Crippen LogP contribution in [0.5, 0.6) is 0 Å². The Morgan fingerprint density at radius 1 is 0.968 bits per heavy atom. The van der Waals surface area contributed by atoms with Gasteiger partial charge in [-0.15, -0.1) is 0 Å². The molecular weight excluding hydrogens is 388 g/mol. The first kappa shape index (κ1) is 20.3. The van der Waals surface area contributed by atoms with Crippen molar-refractivity contribution in [2.24, 2.45) is 0 Å². The van der Waals surface area contributed by atoms with Crippen LogP contribution in [0.3, 0.4) is 0 Å². The summed E-state index contributed by atoms with van der Waals surface area (Å²) in [5.41, 5.74) is 4.78. The number of amides is 2. The molecule has 1 atom stereocenters. The van der Waals surface area contributed by atoms with E-state index in [9.17, 15) is 4.79 Å². The van der Waals surface area contributed by atoms with Crippen LogP contribution in [-0.2, 0) is 6.42 Å². The Kier molecular flexibility index (Phi) is 6.08. The number of carbonyl (C=O) groups excluding carboxylic acids is 1. The highest BCUT2D eigenvalue weighted by molar-refractivity contribution is 5.90. The van der Waals surface area contributed by atoms with Gasteiger partial charge in [-0.3, -0.25) is 0 Å². The highest BCUT2D eigenvalue weighted by Gasteiger charge is 2.22. The highest BCUT2D eigenvalue weighted by atomic mass is 16.5. The molecule has 31 heavy (non-hydrogen) atoms. The summed E-state index contributed by atoms with van der Waals surface area (Å²) in [6, 6.07) is 24.6. The maximum atomic E-state index is 12.7. The lowest BCUT2D eigenvalue weighted by Crippen LogP contribution is -2.34. The summed E-state index contributed by atoms with van der Waals surface area (Å²) in [4.78, 5) is 17.3.